The Morgan fingerprint density at radius 1 is 0.397 bits per heavy atom. The van der Waals surface area contributed by atoms with Crippen molar-refractivity contribution in [2.24, 2.45) is 0 Å². The summed E-state index contributed by atoms with van der Waals surface area (Å²) < 4.78 is 5.47. The number of ether oxygens (including phenoxy) is 1. The molecule has 2 atom stereocenters. The van der Waals surface area contributed by atoms with Gasteiger partial charge in [0.2, 0.25) is 5.91 Å². The standard InChI is InChI=1S/C62H119NO5/c1-3-5-7-9-11-13-15-17-27-30-34-38-42-46-50-54-60(65)59(58-64)63-61(66)55-51-47-43-39-35-31-28-25-23-21-19-20-22-24-26-29-33-37-41-45-49-53-57-68-62(67)56-52-48-44-40-36-32-18-16-14-12-10-8-6-4-2/h16,18,21,23,59-60,64-65H,3-15,17,19-20,22,24-58H2,1-2H3,(H,63,66)/b18-16-,23-21-. The van der Waals surface area contributed by atoms with Gasteiger partial charge in [0.05, 0.1) is 25.4 Å². The molecule has 0 bridgehead atoms. The highest BCUT2D eigenvalue weighted by Gasteiger charge is 2.20. The SMILES string of the molecule is CCCCCCC/C=C\CCCCCCCC(=O)OCCCCCCCCCCCCC/C=C\CCCCCCCCCC(=O)NC(CO)C(O)CCCCCCCCCCCCCCCCC. The first-order valence-electron chi connectivity index (χ1n) is 30.6. The number of hydrogen-bond acceptors (Lipinski definition) is 5. The minimum atomic E-state index is -0.668. The number of carbonyl (C=O) groups is 2. The summed E-state index contributed by atoms with van der Waals surface area (Å²) in [5.74, 6) is -0.0387. The number of nitrogens with one attached hydrogen (secondary N) is 1. The van der Waals surface area contributed by atoms with Gasteiger partial charge in [-0.15, -0.1) is 0 Å². The lowest BCUT2D eigenvalue weighted by atomic mass is 10.0. The van der Waals surface area contributed by atoms with Crippen molar-refractivity contribution < 1.29 is 24.5 Å². The minimum absolute atomic E-state index is 0.00171. The van der Waals surface area contributed by atoms with Gasteiger partial charge < -0.3 is 20.3 Å². The van der Waals surface area contributed by atoms with Crippen molar-refractivity contribution in [2.45, 2.75) is 347 Å². The molecule has 0 radical (unpaired) electrons. The summed E-state index contributed by atoms with van der Waals surface area (Å²) >= 11 is 0. The van der Waals surface area contributed by atoms with Crippen LogP contribution in [0, 0.1) is 0 Å². The van der Waals surface area contributed by atoms with E-state index in [9.17, 15) is 19.8 Å². The molecule has 2 unspecified atom stereocenters. The molecule has 0 fully saturated rings. The molecular formula is C62H119NO5. The van der Waals surface area contributed by atoms with E-state index in [0.29, 0.717) is 25.9 Å². The van der Waals surface area contributed by atoms with E-state index in [0.717, 1.165) is 44.9 Å². The molecule has 6 heteroatoms. The van der Waals surface area contributed by atoms with Gasteiger partial charge in [-0.3, -0.25) is 9.59 Å². The third kappa shape index (κ3) is 53.7. The van der Waals surface area contributed by atoms with Gasteiger partial charge in [0.15, 0.2) is 0 Å². The van der Waals surface area contributed by atoms with E-state index >= 15 is 0 Å². The predicted molar refractivity (Wildman–Crippen MR) is 296 cm³/mol. The molecule has 0 aliphatic carbocycles. The van der Waals surface area contributed by atoms with Crippen LogP contribution in [0.3, 0.4) is 0 Å². The van der Waals surface area contributed by atoms with Crippen molar-refractivity contribution in [3.63, 3.8) is 0 Å². The summed E-state index contributed by atoms with van der Waals surface area (Å²) in [5, 5.41) is 23.3. The molecule has 68 heavy (non-hydrogen) atoms. The Morgan fingerprint density at radius 3 is 1.04 bits per heavy atom. The Labute approximate surface area is 424 Å². The number of unbranched alkanes of at least 4 members (excludes halogenated alkanes) is 42. The van der Waals surface area contributed by atoms with Crippen LogP contribution in [0.5, 0.6) is 0 Å². The summed E-state index contributed by atoms with van der Waals surface area (Å²) in [6.07, 6.45) is 70.4. The van der Waals surface area contributed by atoms with Gasteiger partial charge in [-0.05, 0) is 77.0 Å². The zero-order valence-corrected chi connectivity index (χ0v) is 45.9. The zero-order chi connectivity index (χ0) is 49.3. The van der Waals surface area contributed by atoms with Gasteiger partial charge in [-0.1, -0.05) is 269 Å². The summed E-state index contributed by atoms with van der Waals surface area (Å²) in [5.41, 5.74) is 0. The van der Waals surface area contributed by atoms with E-state index < -0.39 is 12.1 Å². The third-order valence-corrected chi connectivity index (χ3v) is 14.2. The molecule has 0 aliphatic rings. The molecular weight excluding hydrogens is 839 g/mol. The van der Waals surface area contributed by atoms with Gasteiger partial charge in [-0.2, -0.15) is 0 Å². The molecule has 0 heterocycles. The smallest absolute Gasteiger partial charge is 0.305 e. The first kappa shape index (κ1) is 66.3. The number of carbonyl (C=O) groups excluding carboxylic acids is 2. The van der Waals surface area contributed by atoms with Crippen LogP contribution >= 0.6 is 0 Å². The largest absolute Gasteiger partial charge is 0.466 e. The van der Waals surface area contributed by atoms with Gasteiger partial charge in [0.25, 0.3) is 0 Å². The number of amides is 1. The zero-order valence-electron chi connectivity index (χ0n) is 45.9. The first-order valence-corrected chi connectivity index (χ1v) is 30.6. The normalized spacial score (nSPS) is 12.7. The monoisotopic (exact) mass is 958 g/mol. The average molecular weight is 959 g/mol. The number of esters is 1. The van der Waals surface area contributed by atoms with Crippen LogP contribution in [0.15, 0.2) is 24.3 Å². The Morgan fingerprint density at radius 2 is 0.691 bits per heavy atom. The van der Waals surface area contributed by atoms with Crippen LogP contribution in [0.2, 0.25) is 0 Å². The Balaban J connectivity index is 3.41. The van der Waals surface area contributed by atoms with Gasteiger partial charge in [0, 0.05) is 12.8 Å². The molecule has 0 aromatic heterocycles. The molecule has 0 spiro atoms. The highest BCUT2D eigenvalue weighted by molar-refractivity contribution is 5.76. The molecule has 0 aromatic rings. The molecule has 0 saturated carbocycles. The van der Waals surface area contributed by atoms with E-state index in [2.05, 4.69) is 43.5 Å². The van der Waals surface area contributed by atoms with Crippen molar-refractivity contribution in [1.82, 2.24) is 5.32 Å². The molecule has 1 amide bonds. The quantitative estimate of drug-likeness (QED) is 0.0321. The summed E-state index contributed by atoms with van der Waals surface area (Å²) in [6.45, 7) is 4.95. The Kier molecular flexibility index (Phi) is 56.5. The van der Waals surface area contributed by atoms with Crippen molar-refractivity contribution >= 4 is 11.9 Å². The lowest BCUT2D eigenvalue weighted by Gasteiger charge is -2.22. The van der Waals surface area contributed by atoms with E-state index in [1.54, 1.807) is 0 Å². The summed E-state index contributed by atoms with van der Waals surface area (Å²) in [4.78, 5) is 24.5. The van der Waals surface area contributed by atoms with Crippen molar-refractivity contribution in [2.75, 3.05) is 13.2 Å². The number of hydrogen-bond donors (Lipinski definition) is 3. The van der Waals surface area contributed by atoms with E-state index in [1.807, 2.05) is 0 Å². The lowest BCUT2D eigenvalue weighted by molar-refractivity contribution is -0.143. The van der Waals surface area contributed by atoms with Gasteiger partial charge in [-0.25, -0.2) is 0 Å². The van der Waals surface area contributed by atoms with E-state index in [4.69, 9.17) is 4.74 Å². The van der Waals surface area contributed by atoms with Crippen molar-refractivity contribution in [1.29, 1.82) is 0 Å². The van der Waals surface area contributed by atoms with Crippen LogP contribution in [0.25, 0.3) is 0 Å². The molecule has 402 valence electrons. The number of aliphatic hydroxyl groups is 2. The predicted octanol–water partition coefficient (Wildman–Crippen LogP) is 19.0. The van der Waals surface area contributed by atoms with Crippen LogP contribution < -0.4 is 5.32 Å². The molecule has 0 saturated heterocycles. The maximum absolute atomic E-state index is 12.5. The van der Waals surface area contributed by atoms with Crippen molar-refractivity contribution in [3.05, 3.63) is 24.3 Å². The second-order valence-corrected chi connectivity index (χ2v) is 21.0. The molecule has 6 nitrogen and oxygen atoms in total. The Bertz CT molecular complexity index is 1060. The molecule has 0 aliphatic heterocycles. The second-order valence-electron chi connectivity index (χ2n) is 21.0. The molecule has 0 rings (SSSR count). The van der Waals surface area contributed by atoms with Crippen LogP contribution in [0.4, 0.5) is 0 Å². The van der Waals surface area contributed by atoms with Gasteiger partial charge >= 0.3 is 5.97 Å². The molecule has 0 aromatic carbocycles. The van der Waals surface area contributed by atoms with Crippen LogP contribution in [0.1, 0.15) is 335 Å². The third-order valence-electron chi connectivity index (χ3n) is 14.2. The lowest BCUT2D eigenvalue weighted by Crippen LogP contribution is -2.45. The van der Waals surface area contributed by atoms with Gasteiger partial charge in [0.1, 0.15) is 0 Å². The average Bonchev–Trinajstić information content (AvgIpc) is 3.34. The fourth-order valence-electron chi connectivity index (χ4n) is 9.51. The number of allylic oxidation sites excluding steroid dienone is 4. The van der Waals surface area contributed by atoms with E-state index in [-0.39, 0.29) is 18.5 Å². The second kappa shape index (κ2) is 57.9. The summed E-state index contributed by atoms with van der Waals surface area (Å²) in [6, 6.07) is -0.546. The van der Waals surface area contributed by atoms with Crippen molar-refractivity contribution in [3.8, 4) is 0 Å². The number of aliphatic hydroxyl groups excluding tert-OH is 2. The first-order chi connectivity index (χ1) is 33.5. The molecule has 3 N–H and O–H groups in total. The van der Waals surface area contributed by atoms with Crippen LogP contribution in [-0.4, -0.2) is 47.4 Å². The highest BCUT2D eigenvalue weighted by atomic mass is 16.5. The summed E-state index contributed by atoms with van der Waals surface area (Å²) in [7, 11) is 0. The maximum Gasteiger partial charge on any atom is 0.305 e. The maximum atomic E-state index is 12.5. The Hall–Kier alpha value is -1.66. The minimum Gasteiger partial charge on any atom is -0.466 e. The van der Waals surface area contributed by atoms with Crippen LogP contribution in [-0.2, 0) is 14.3 Å². The fourth-order valence-corrected chi connectivity index (χ4v) is 9.51. The fraction of sp³-hybridized carbons (Fsp3) is 0.903. The highest BCUT2D eigenvalue weighted by Crippen LogP contribution is 2.17. The number of rotatable bonds is 57. The topological polar surface area (TPSA) is 95.9 Å². The van der Waals surface area contributed by atoms with E-state index in [1.165, 1.54) is 257 Å².